The Morgan fingerprint density at radius 3 is 1.93 bits per heavy atom. The van der Waals surface area contributed by atoms with Crippen LogP contribution in [0.5, 0.6) is 11.5 Å². The summed E-state index contributed by atoms with van der Waals surface area (Å²) in [6.07, 6.45) is 0. The van der Waals surface area contributed by atoms with E-state index in [-0.39, 0.29) is 11.5 Å². The Hall–Kier alpha value is -1.22. The van der Waals surface area contributed by atoms with Crippen LogP contribution >= 0.6 is 0 Å². The third kappa shape index (κ3) is 1.55. The van der Waals surface area contributed by atoms with Crippen molar-refractivity contribution >= 4 is 0 Å². The number of phenolic OH excluding ortho intramolecular Hbond substituents is 2. The first-order chi connectivity index (χ1) is 6.50. The monoisotopic (exact) mass is 196 g/mol. The molecule has 2 N–H and O–H groups in total. The van der Waals surface area contributed by atoms with E-state index in [2.05, 4.69) is 0 Å². The average Bonchev–Trinajstić information content (AvgIpc) is 2.19. The van der Waals surface area contributed by atoms with Gasteiger partial charge >= 0.3 is 0 Å². The number of benzene rings is 1. The summed E-state index contributed by atoms with van der Waals surface area (Å²) in [5.41, 5.74) is 2.78. The second-order valence-electron chi connectivity index (χ2n) is 3.48. The van der Waals surface area contributed by atoms with Crippen molar-refractivity contribution in [3.05, 3.63) is 22.3 Å². The van der Waals surface area contributed by atoms with Crippen LogP contribution in [0.3, 0.4) is 0 Å². The second-order valence-corrected chi connectivity index (χ2v) is 3.48. The fourth-order valence-corrected chi connectivity index (χ4v) is 1.50. The molecule has 0 saturated carbocycles. The molecule has 1 aromatic rings. The Morgan fingerprint density at radius 1 is 0.929 bits per heavy atom. The van der Waals surface area contributed by atoms with E-state index in [4.69, 9.17) is 4.74 Å². The van der Waals surface area contributed by atoms with E-state index in [1.54, 1.807) is 27.9 Å². The minimum Gasteiger partial charge on any atom is -0.507 e. The van der Waals surface area contributed by atoms with Gasteiger partial charge in [-0.25, -0.2) is 0 Å². The molecular formula is C11H16O3. The van der Waals surface area contributed by atoms with Crippen LogP contribution < -0.4 is 0 Å². The van der Waals surface area contributed by atoms with Gasteiger partial charge in [0, 0.05) is 18.2 Å². The van der Waals surface area contributed by atoms with E-state index >= 15 is 0 Å². The van der Waals surface area contributed by atoms with E-state index in [0.717, 1.165) is 5.56 Å². The average molecular weight is 196 g/mol. The molecule has 0 unspecified atom stereocenters. The molecule has 0 bridgehead atoms. The van der Waals surface area contributed by atoms with Gasteiger partial charge in [0.05, 0.1) is 6.61 Å². The molecule has 78 valence electrons. The number of ether oxygens (including phenoxy) is 1. The molecular weight excluding hydrogens is 180 g/mol. The zero-order chi connectivity index (χ0) is 10.9. The number of rotatable bonds is 2. The van der Waals surface area contributed by atoms with Crippen molar-refractivity contribution in [1.82, 2.24) is 0 Å². The predicted molar refractivity (Wildman–Crippen MR) is 54.7 cm³/mol. The summed E-state index contributed by atoms with van der Waals surface area (Å²) in [7, 11) is 1.56. The molecule has 3 heteroatoms. The van der Waals surface area contributed by atoms with E-state index in [1.165, 1.54) is 0 Å². The highest BCUT2D eigenvalue weighted by Gasteiger charge is 2.15. The van der Waals surface area contributed by atoms with Crippen LogP contribution in [0.25, 0.3) is 0 Å². The summed E-state index contributed by atoms with van der Waals surface area (Å²) in [5, 5.41) is 19.6. The first kappa shape index (κ1) is 10.9. The van der Waals surface area contributed by atoms with Crippen molar-refractivity contribution in [2.75, 3.05) is 7.11 Å². The highest BCUT2D eigenvalue weighted by atomic mass is 16.5. The van der Waals surface area contributed by atoms with Crippen molar-refractivity contribution in [3.63, 3.8) is 0 Å². The first-order valence-electron chi connectivity index (χ1n) is 4.50. The summed E-state index contributed by atoms with van der Waals surface area (Å²) >= 11 is 0. The second kappa shape index (κ2) is 3.88. The van der Waals surface area contributed by atoms with Gasteiger partial charge in [0.25, 0.3) is 0 Å². The number of hydrogen-bond donors (Lipinski definition) is 2. The molecule has 0 aliphatic rings. The molecule has 0 aromatic heterocycles. The van der Waals surface area contributed by atoms with Gasteiger partial charge in [-0.15, -0.1) is 0 Å². The summed E-state index contributed by atoms with van der Waals surface area (Å²) in [5.74, 6) is 0.465. The van der Waals surface area contributed by atoms with Crippen LogP contribution in [0.1, 0.15) is 22.3 Å². The summed E-state index contributed by atoms with van der Waals surface area (Å²) < 4.78 is 4.97. The fourth-order valence-electron chi connectivity index (χ4n) is 1.50. The first-order valence-corrected chi connectivity index (χ1v) is 4.50. The quantitative estimate of drug-likeness (QED) is 0.713. The molecule has 0 heterocycles. The summed E-state index contributed by atoms with van der Waals surface area (Å²) in [4.78, 5) is 0. The van der Waals surface area contributed by atoms with Crippen molar-refractivity contribution in [1.29, 1.82) is 0 Å². The SMILES string of the molecule is COCc1c(C)c(O)c(C)c(C)c1O. The van der Waals surface area contributed by atoms with Gasteiger partial charge in [0.1, 0.15) is 11.5 Å². The lowest BCUT2D eigenvalue weighted by atomic mass is 9.98. The van der Waals surface area contributed by atoms with Crippen LogP contribution in [0.15, 0.2) is 0 Å². The van der Waals surface area contributed by atoms with Gasteiger partial charge in [-0.2, -0.15) is 0 Å². The normalized spacial score (nSPS) is 10.6. The lowest BCUT2D eigenvalue weighted by Crippen LogP contribution is -1.97. The lowest BCUT2D eigenvalue weighted by Gasteiger charge is -2.15. The molecule has 14 heavy (non-hydrogen) atoms. The van der Waals surface area contributed by atoms with E-state index in [0.29, 0.717) is 23.3 Å². The minimum absolute atomic E-state index is 0.222. The molecule has 0 radical (unpaired) electrons. The molecule has 0 aliphatic carbocycles. The van der Waals surface area contributed by atoms with E-state index < -0.39 is 0 Å². The Balaban J connectivity index is 3.43. The highest BCUT2D eigenvalue weighted by molar-refractivity contribution is 5.56. The van der Waals surface area contributed by atoms with Crippen molar-refractivity contribution in [2.24, 2.45) is 0 Å². The van der Waals surface area contributed by atoms with Crippen molar-refractivity contribution < 1.29 is 14.9 Å². The van der Waals surface area contributed by atoms with Crippen LogP contribution in [0.4, 0.5) is 0 Å². The minimum atomic E-state index is 0.222. The molecule has 0 saturated heterocycles. The zero-order valence-corrected chi connectivity index (χ0v) is 9.01. The van der Waals surface area contributed by atoms with Crippen LogP contribution in [0, 0.1) is 20.8 Å². The summed E-state index contributed by atoms with van der Waals surface area (Å²) in [6.45, 7) is 5.65. The molecule has 1 rings (SSSR count). The van der Waals surface area contributed by atoms with Gasteiger partial charge < -0.3 is 14.9 Å². The predicted octanol–water partition coefficient (Wildman–Crippen LogP) is 2.17. The molecule has 0 fully saturated rings. The maximum Gasteiger partial charge on any atom is 0.124 e. The lowest BCUT2D eigenvalue weighted by molar-refractivity contribution is 0.181. The number of hydrogen-bond acceptors (Lipinski definition) is 3. The Kier molecular flexibility index (Phi) is 3.01. The van der Waals surface area contributed by atoms with Crippen LogP contribution in [-0.4, -0.2) is 17.3 Å². The fraction of sp³-hybridized carbons (Fsp3) is 0.455. The van der Waals surface area contributed by atoms with Gasteiger partial charge in [-0.3, -0.25) is 0 Å². The zero-order valence-electron chi connectivity index (χ0n) is 9.01. The van der Waals surface area contributed by atoms with Crippen LogP contribution in [-0.2, 0) is 11.3 Å². The molecule has 0 spiro atoms. The highest BCUT2D eigenvalue weighted by Crippen LogP contribution is 2.36. The third-order valence-corrected chi connectivity index (χ3v) is 2.66. The van der Waals surface area contributed by atoms with Gasteiger partial charge in [0.2, 0.25) is 0 Å². The van der Waals surface area contributed by atoms with Crippen molar-refractivity contribution in [3.8, 4) is 11.5 Å². The number of aromatic hydroxyl groups is 2. The topological polar surface area (TPSA) is 49.7 Å². The van der Waals surface area contributed by atoms with E-state index in [1.807, 2.05) is 0 Å². The van der Waals surface area contributed by atoms with Gasteiger partial charge in [0.15, 0.2) is 0 Å². The van der Waals surface area contributed by atoms with Crippen molar-refractivity contribution in [2.45, 2.75) is 27.4 Å². The molecule has 0 amide bonds. The maximum atomic E-state index is 9.82. The Bertz CT molecular complexity index is 327. The molecule has 0 atom stereocenters. The smallest absolute Gasteiger partial charge is 0.124 e. The largest absolute Gasteiger partial charge is 0.507 e. The standard InChI is InChI=1S/C11H16O3/c1-6-7(2)11(13)9(5-14-4)8(3)10(6)12/h12-13H,5H2,1-4H3. The maximum absolute atomic E-state index is 9.82. The summed E-state index contributed by atoms with van der Waals surface area (Å²) in [6, 6.07) is 0. The van der Waals surface area contributed by atoms with Crippen LogP contribution in [0.2, 0.25) is 0 Å². The number of phenols is 2. The Labute approximate surface area is 84.0 Å². The number of methoxy groups -OCH3 is 1. The molecule has 0 aliphatic heterocycles. The molecule has 1 aromatic carbocycles. The Morgan fingerprint density at radius 2 is 1.43 bits per heavy atom. The van der Waals surface area contributed by atoms with E-state index in [9.17, 15) is 10.2 Å². The van der Waals surface area contributed by atoms with Gasteiger partial charge in [-0.1, -0.05) is 0 Å². The molecule has 3 nitrogen and oxygen atoms in total. The third-order valence-electron chi connectivity index (χ3n) is 2.66. The van der Waals surface area contributed by atoms with Gasteiger partial charge in [-0.05, 0) is 31.9 Å².